The molecule has 1 aliphatic rings. The minimum atomic E-state index is 0.0549. The third kappa shape index (κ3) is 2.60. The van der Waals surface area contributed by atoms with Crippen LogP contribution in [0.1, 0.15) is 40.0 Å². The van der Waals surface area contributed by atoms with Gasteiger partial charge in [0, 0.05) is 5.54 Å². The Balaban J connectivity index is 2.17. The van der Waals surface area contributed by atoms with E-state index >= 15 is 0 Å². The maximum Gasteiger partial charge on any atom is 0.242 e. The second kappa shape index (κ2) is 4.39. The van der Waals surface area contributed by atoms with E-state index in [0.717, 1.165) is 12.8 Å². The molecule has 2 rings (SSSR count). The van der Waals surface area contributed by atoms with Crippen molar-refractivity contribution in [2.75, 3.05) is 11.1 Å². The Morgan fingerprint density at radius 1 is 1.41 bits per heavy atom. The number of aromatic nitrogens is 2. The third-order valence-electron chi connectivity index (χ3n) is 3.07. The first-order chi connectivity index (χ1) is 8.00. The number of nitrogens with zero attached hydrogens (tertiary/aromatic N) is 2. The monoisotopic (exact) mass is 236 g/mol. The highest BCUT2D eigenvalue weighted by Gasteiger charge is 2.32. The molecule has 5 heteroatoms. The summed E-state index contributed by atoms with van der Waals surface area (Å²) in [6.45, 7) is 6.07. The molecule has 1 fully saturated rings. The van der Waals surface area contributed by atoms with E-state index in [-0.39, 0.29) is 11.6 Å². The number of hydrogen-bond donors (Lipinski definition) is 2. The molecule has 0 aliphatic heterocycles. The van der Waals surface area contributed by atoms with Crippen LogP contribution in [0.2, 0.25) is 0 Å². The van der Waals surface area contributed by atoms with Gasteiger partial charge in [-0.2, -0.15) is 4.98 Å². The standard InChI is InChI=1S/C12H20N4O/c1-8(2)17-11-9(13)10(14-7-15-11)16-12(3)5-4-6-12/h7-8H,4-6,13H2,1-3H3,(H,14,15,16). The fourth-order valence-corrected chi connectivity index (χ4v) is 1.91. The van der Waals surface area contributed by atoms with Gasteiger partial charge >= 0.3 is 0 Å². The minimum absolute atomic E-state index is 0.0549. The van der Waals surface area contributed by atoms with E-state index in [1.165, 1.54) is 12.7 Å². The fourth-order valence-electron chi connectivity index (χ4n) is 1.91. The van der Waals surface area contributed by atoms with Crippen LogP contribution in [0.4, 0.5) is 11.5 Å². The van der Waals surface area contributed by atoms with E-state index in [0.29, 0.717) is 17.4 Å². The van der Waals surface area contributed by atoms with Crippen LogP contribution in [0.15, 0.2) is 6.33 Å². The second-order valence-electron chi connectivity index (χ2n) is 5.15. The van der Waals surface area contributed by atoms with Gasteiger partial charge in [0.05, 0.1) is 6.10 Å². The van der Waals surface area contributed by atoms with Gasteiger partial charge in [0.15, 0.2) is 5.82 Å². The summed E-state index contributed by atoms with van der Waals surface area (Å²) in [6.07, 6.45) is 5.09. The van der Waals surface area contributed by atoms with Crippen LogP contribution >= 0.6 is 0 Å². The molecule has 1 saturated carbocycles. The van der Waals surface area contributed by atoms with E-state index < -0.39 is 0 Å². The van der Waals surface area contributed by atoms with Crippen molar-refractivity contribution in [1.82, 2.24) is 9.97 Å². The first-order valence-corrected chi connectivity index (χ1v) is 6.05. The van der Waals surface area contributed by atoms with Gasteiger partial charge in [-0.3, -0.25) is 0 Å². The Kier molecular flexibility index (Phi) is 3.09. The van der Waals surface area contributed by atoms with Crippen molar-refractivity contribution in [2.24, 2.45) is 0 Å². The molecular weight excluding hydrogens is 216 g/mol. The molecule has 0 aromatic carbocycles. The molecule has 94 valence electrons. The molecule has 0 spiro atoms. The molecule has 5 nitrogen and oxygen atoms in total. The lowest BCUT2D eigenvalue weighted by Gasteiger charge is -2.39. The maximum atomic E-state index is 6.01. The summed E-state index contributed by atoms with van der Waals surface area (Å²) in [6, 6.07) is 0. The Hall–Kier alpha value is -1.52. The largest absolute Gasteiger partial charge is 0.473 e. The van der Waals surface area contributed by atoms with Crippen LogP contribution in [0.25, 0.3) is 0 Å². The zero-order chi connectivity index (χ0) is 12.5. The Labute approximate surface area is 102 Å². The van der Waals surface area contributed by atoms with Crippen LogP contribution in [0.5, 0.6) is 5.88 Å². The molecule has 0 unspecified atom stereocenters. The van der Waals surface area contributed by atoms with Crippen molar-refractivity contribution in [3.8, 4) is 5.88 Å². The number of anilines is 2. The van der Waals surface area contributed by atoms with E-state index in [1.54, 1.807) is 0 Å². The van der Waals surface area contributed by atoms with Gasteiger partial charge < -0.3 is 15.8 Å². The molecule has 0 bridgehead atoms. The third-order valence-corrected chi connectivity index (χ3v) is 3.07. The van der Waals surface area contributed by atoms with E-state index in [2.05, 4.69) is 22.2 Å². The van der Waals surface area contributed by atoms with Crippen LogP contribution in [-0.4, -0.2) is 21.6 Å². The first kappa shape index (κ1) is 12.0. The highest BCUT2D eigenvalue weighted by molar-refractivity contribution is 5.67. The van der Waals surface area contributed by atoms with Gasteiger partial charge in [0.2, 0.25) is 5.88 Å². The fraction of sp³-hybridized carbons (Fsp3) is 0.667. The zero-order valence-corrected chi connectivity index (χ0v) is 10.7. The molecule has 0 saturated heterocycles. The van der Waals surface area contributed by atoms with Crippen LogP contribution in [0.3, 0.4) is 0 Å². The van der Waals surface area contributed by atoms with E-state index in [4.69, 9.17) is 10.5 Å². The summed E-state index contributed by atoms with van der Waals surface area (Å²) in [7, 11) is 0. The van der Waals surface area contributed by atoms with Crippen molar-refractivity contribution in [3.63, 3.8) is 0 Å². The number of ether oxygens (including phenoxy) is 1. The Morgan fingerprint density at radius 3 is 2.65 bits per heavy atom. The van der Waals surface area contributed by atoms with Gasteiger partial charge in [-0.25, -0.2) is 4.98 Å². The Bertz CT molecular complexity index is 401. The summed E-state index contributed by atoms with van der Waals surface area (Å²) >= 11 is 0. The average Bonchev–Trinajstić information content (AvgIpc) is 2.21. The van der Waals surface area contributed by atoms with Gasteiger partial charge in [-0.1, -0.05) is 0 Å². The van der Waals surface area contributed by atoms with Crippen molar-refractivity contribution in [3.05, 3.63) is 6.33 Å². The summed E-state index contributed by atoms with van der Waals surface area (Å²) in [5, 5.41) is 3.38. The molecule has 0 amide bonds. The van der Waals surface area contributed by atoms with E-state index in [9.17, 15) is 0 Å². The molecule has 17 heavy (non-hydrogen) atoms. The van der Waals surface area contributed by atoms with Crippen LogP contribution < -0.4 is 15.8 Å². The highest BCUT2D eigenvalue weighted by Crippen LogP contribution is 2.36. The lowest BCUT2D eigenvalue weighted by atomic mass is 9.78. The number of nitrogens with two attached hydrogens (primary N) is 1. The molecule has 1 heterocycles. The van der Waals surface area contributed by atoms with Gasteiger partial charge in [-0.05, 0) is 40.0 Å². The molecule has 1 aromatic heterocycles. The zero-order valence-electron chi connectivity index (χ0n) is 10.7. The SMILES string of the molecule is CC(C)Oc1ncnc(NC2(C)CCC2)c1N. The second-order valence-corrected chi connectivity index (χ2v) is 5.15. The highest BCUT2D eigenvalue weighted by atomic mass is 16.5. The lowest BCUT2D eigenvalue weighted by molar-refractivity contribution is 0.233. The summed E-state index contributed by atoms with van der Waals surface area (Å²) in [5.41, 5.74) is 6.62. The van der Waals surface area contributed by atoms with Crippen molar-refractivity contribution in [1.29, 1.82) is 0 Å². The van der Waals surface area contributed by atoms with Gasteiger partial charge in [0.25, 0.3) is 0 Å². The van der Waals surface area contributed by atoms with Crippen molar-refractivity contribution < 1.29 is 4.74 Å². The predicted octanol–water partition coefficient (Wildman–Crippen LogP) is 2.20. The first-order valence-electron chi connectivity index (χ1n) is 6.05. The number of rotatable bonds is 4. The van der Waals surface area contributed by atoms with Crippen LogP contribution in [-0.2, 0) is 0 Å². The van der Waals surface area contributed by atoms with Gasteiger partial charge in [-0.15, -0.1) is 0 Å². The smallest absolute Gasteiger partial charge is 0.242 e. The van der Waals surface area contributed by atoms with Crippen molar-refractivity contribution in [2.45, 2.75) is 51.7 Å². The summed E-state index contributed by atoms with van der Waals surface area (Å²) in [5.74, 6) is 1.14. The normalized spacial score (nSPS) is 17.6. The van der Waals surface area contributed by atoms with Crippen LogP contribution in [0, 0.1) is 0 Å². The lowest BCUT2D eigenvalue weighted by Crippen LogP contribution is -2.42. The Morgan fingerprint density at radius 2 is 2.12 bits per heavy atom. The van der Waals surface area contributed by atoms with E-state index in [1.807, 2.05) is 13.8 Å². The minimum Gasteiger partial charge on any atom is -0.473 e. The van der Waals surface area contributed by atoms with Crippen molar-refractivity contribution >= 4 is 11.5 Å². The molecule has 3 N–H and O–H groups in total. The molecule has 1 aromatic rings. The molecule has 0 radical (unpaired) electrons. The molecule has 1 aliphatic carbocycles. The topological polar surface area (TPSA) is 73.1 Å². The van der Waals surface area contributed by atoms with Gasteiger partial charge in [0.1, 0.15) is 12.0 Å². The number of hydrogen-bond acceptors (Lipinski definition) is 5. The average molecular weight is 236 g/mol. The quantitative estimate of drug-likeness (QED) is 0.838. The maximum absolute atomic E-state index is 6.01. The molecule has 0 atom stereocenters. The number of nitrogen functional groups attached to an aromatic ring is 1. The summed E-state index contributed by atoms with van der Waals surface area (Å²) < 4.78 is 5.54. The predicted molar refractivity (Wildman–Crippen MR) is 68.1 cm³/mol. The molecular formula is C12H20N4O. The number of nitrogens with one attached hydrogen (secondary N) is 1. The summed E-state index contributed by atoms with van der Waals surface area (Å²) in [4.78, 5) is 8.24.